The first kappa shape index (κ1) is 21.5. The van der Waals surface area contributed by atoms with Crippen LogP contribution in [-0.2, 0) is 14.8 Å². The maximum absolute atomic E-state index is 12.2. The first-order valence-corrected chi connectivity index (χ1v) is 10.1. The van der Waals surface area contributed by atoms with Crippen LogP contribution in [0.5, 0.6) is 17.2 Å². The lowest BCUT2D eigenvalue weighted by Gasteiger charge is -2.12. The van der Waals surface area contributed by atoms with Gasteiger partial charge >= 0.3 is 0 Å². The molecule has 0 bridgehead atoms. The Kier molecular flexibility index (Phi) is 7.65. The number of ether oxygens (including phenoxy) is 3. The quantitative estimate of drug-likeness (QED) is 0.626. The molecule has 2 aromatic carbocycles. The van der Waals surface area contributed by atoms with E-state index in [2.05, 4.69) is 10.0 Å². The van der Waals surface area contributed by atoms with Crippen molar-refractivity contribution in [1.82, 2.24) is 4.72 Å². The van der Waals surface area contributed by atoms with E-state index in [0.717, 1.165) is 0 Å². The van der Waals surface area contributed by atoms with Crippen LogP contribution in [0.25, 0.3) is 0 Å². The first-order valence-electron chi connectivity index (χ1n) is 8.64. The molecule has 0 spiro atoms. The van der Waals surface area contributed by atoms with Crippen LogP contribution in [0, 0.1) is 0 Å². The molecule has 0 aliphatic heterocycles. The summed E-state index contributed by atoms with van der Waals surface area (Å²) in [5, 5.41) is 2.69. The van der Waals surface area contributed by atoms with Crippen molar-refractivity contribution in [1.29, 1.82) is 0 Å². The average Bonchev–Trinajstić information content (AvgIpc) is 2.71. The van der Waals surface area contributed by atoms with Gasteiger partial charge in [0.2, 0.25) is 10.0 Å². The summed E-state index contributed by atoms with van der Waals surface area (Å²) in [5.74, 6) is 1.05. The third-order valence-corrected chi connectivity index (χ3v) is 5.20. The van der Waals surface area contributed by atoms with Crippen LogP contribution in [0.2, 0.25) is 0 Å². The molecule has 0 fully saturated rings. The Morgan fingerprint density at radius 2 is 1.68 bits per heavy atom. The minimum Gasteiger partial charge on any atom is -0.497 e. The summed E-state index contributed by atoms with van der Waals surface area (Å²) in [6.07, 6.45) is 0.702. The normalized spacial score (nSPS) is 11.0. The van der Waals surface area contributed by atoms with E-state index in [1.165, 1.54) is 38.5 Å². The number of benzene rings is 2. The van der Waals surface area contributed by atoms with E-state index in [1.54, 1.807) is 18.2 Å². The molecule has 9 heteroatoms. The van der Waals surface area contributed by atoms with Gasteiger partial charge in [-0.1, -0.05) is 6.92 Å². The summed E-state index contributed by atoms with van der Waals surface area (Å²) in [5.41, 5.74) is 0.457. The average molecular weight is 408 g/mol. The Bertz CT molecular complexity index is 897. The van der Waals surface area contributed by atoms with Crippen LogP contribution in [0.3, 0.4) is 0 Å². The van der Waals surface area contributed by atoms with E-state index in [0.29, 0.717) is 35.9 Å². The molecule has 0 radical (unpaired) electrons. The molecule has 2 aromatic rings. The Morgan fingerprint density at radius 3 is 2.29 bits per heavy atom. The second kappa shape index (κ2) is 9.95. The van der Waals surface area contributed by atoms with Gasteiger partial charge in [0.05, 0.1) is 24.8 Å². The van der Waals surface area contributed by atoms with Gasteiger partial charge in [-0.25, -0.2) is 13.1 Å². The van der Waals surface area contributed by atoms with E-state index in [4.69, 9.17) is 14.2 Å². The van der Waals surface area contributed by atoms with E-state index in [-0.39, 0.29) is 11.5 Å². The van der Waals surface area contributed by atoms with Gasteiger partial charge < -0.3 is 19.5 Å². The smallest absolute Gasteiger partial charge is 0.262 e. The number of nitrogens with one attached hydrogen (secondary N) is 2. The summed E-state index contributed by atoms with van der Waals surface area (Å²) in [4.78, 5) is 12.3. The van der Waals surface area contributed by atoms with E-state index in [1.807, 2.05) is 6.92 Å². The van der Waals surface area contributed by atoms with Crippen molar-refractivity contribution in [3.63, 3.8) is 0 Å². The summed E-state index contributed by atoms with van der Waals surface area (Å²) < 4.78 is 42.3. The van der Waals surface area contributed by atoms with Crippen LogP contribution >= 0.6 is 0 Å². The molecule has 0 aliphatic rings. The van der Waals surface area contributed by atoms with Gasteiger partial charge in [0, 0.05) is 12.6 Å². The number of hydrogen-bond acceptors (Lipinski definition) is 6. The molecule has 0 saturated heterocycles. The first-order chi connectivity index (χ1) is 13.4. The van der Waals surface area contributed by atoms with E-state index >= 15 is 0 Å². The zero-order chi connectivity index (χ0) is 20.6. The summed E-state index contributed by atoms with van der Waals surface area (Å²) in [7, 11) is -0.511. The maximum atomic E-state index is 12.2. The highest BCUT2D eigenvalue weighted by atomic mass is 32.2. The monoisotopic (exact) mass is 408 g/mol. The number of hydrogen-bond donors (Lipinski definition) is 2. The molecule has 0 aliphatic carbocycles. The largest absolute Gasteiger partial charge is 0.497 e. The predicted octanol–water partition coefficient (Wildman–Crippen LogP) is 2.41. The van der Waals surface area contributed by atoms with Crippen molar-refractivity contribution in [2.75, 3.05) is 32.7 Å². The van der Waals surface area contributed by atoms with Gasteiger partial charge in [-0.2, -0.15) is 0 Å². The minimum atomic E-state index is -3.54. The molecule has 28 heavy (non-hydrogen) atoms. The molecule has 2 N–H and O–H groups in total. The second-order valence-corrected chi connectivity index (χ2v) is 7.54. The highest BCUT2D eigenvalue weighted by Gasteiger charge is 2.13. The number of carbonyl (C=O) groups excluding carboxylic acids is 1. The van der Waals surface area contributed by atoms with Crippen LogP contribution in [-0.4, -0.2) is 41.7 Å². The van der Waals surface area contributed by atoms with Crippen LogP contribution in [0.1, 0.15) is 13.3 Å². The Hall–Kier alpha value is -2.78. The summed E-state index contributed by atoms with van der Waals surface area (Å²) in [6.45, 7) is 2.00. The van der Waals surface area contributed by atoms with Crippen molar-refractivity contribution < 1.29 is 27.4 Å². The van der Waals surface area contributed by atoms with Crippen molar-refractivity contribution >= 4 is 21.6 Å². The third kappa shape index (κ3) is 5.86. The number of carbonyl (C=O) groups is 1. The van der Waals surface area contributed by atoms with Gasteiger partial charge in [-0.15, -0.1) is 0 Å². The number of sulfonamides is 1. The Balaban J connectivity index is 1.96. The maximum Gasteiger partial charge on any atom is 0.262 e. The molecule has 8 nitrogen and oxygen atoms in total. The highest BCUT2D eigenvalue weighted by molar-refractivity contribution is 7.89. The van der Waals surface area contributed by atoms with Crippen molar-refractivity contribution in [3.8, 4) is 17.2 Å². The van der Waals surface area contributed by atoms with Gasteiger partial charge in [-0.3, -0.25) is 4.79 Å². The number of anilines is 1. The molecule has 2 rings (SSSR count). The molecule has 0 heterocycles. The number of amides is 1. The van der Waals surface area contributed by atoms with Gasteiger partial charge in [0.15, 0.2) is 6.61 Å². The fourth-order valence-corrected chi connectivity index (χ4v) is 3.42. The van der Waals surface area contributed by atoms with Crippen molar-refractivity contribution in [2.45, 2.75) is 18.2 Å². The van der Waals surface area contributed by atoms with Gasteiger partial charge in [0.1, 0.15) is 17.2 Å². The summed E-state index contributed by atoms with van der Waals surface area (Å²) in [6, 6.07) is 10.9. The summed E-state index contributed by atoms with van der Waals surface area (Å²) >= 11 is 0. The molecule has 1 amide bonds. The Labute approximate surface area is 164 Å². The van der Waals surface area contributed by atoms with E-state index < -0.39 is 15.9 Å². The molecule has 0 atom stereocenters. The van der Waals surface area contributed by atoms with Crippen LogP contribution in [0.15, 0.2) is 47.4 Å². The van der Waals surface area contributed by atoms with Crippen LogP contribution < -0.4 is 24.2 Å². The van der Waals surface area contributed by atoms with Crippen molar-refractivity contribution in [3.05, 3.63) is 42.5 Å². The van der Waals surface area contributed by atoms with Gasteiger partial charge in [0.25, 0.3) is 5.91 Å². The zero-order valence-electron chi connectivity index (χ0n) is 16.0. The molecular formula is C19H24N2O6S. The lowest BCUT2D eigenvalue weighted by molar-refractivity contribution is -0.118. The predicted molar refractivity (Wildman–Crippen MR) is 106 cm³/mol. The standard InChI is InChI=1S/C19H24N2O6S/c1-4-11-20-28(23,24)16-8-5-14(6-9-16)27-13-19(22)21-17-12-15(25-2)7-10-18(17)26-3/h5-10,12,20H,4,11,13H2,1-3H3,(H,21,22). The molecule has 0 unspecified atom stereocenters. The molecule has 0 aromatic heterocycles. The van der Waals surface area contributed by atoms with E-state index in [9.17, 15) is 13.2 Å². The topological polar surface area (TPSA) is 103 Å². The third-order valence-electron chi connectivity index (χ3n) is 3.73. The fourth-order valence-electron chi connectivity index (χ4n) is 2.28. The highest BCUT2D eigenvalue weighted by Crippen LogP contribution is 2.28. The van der Waals surface area contributed by atoms with Crippen molar-refractivity contribution in [2.24, 2.45) is 0 Å². The Morgan fingerprint density at radius 1 is 1.00 bits per heavy atom. The van der Waals surface area contributed by atoms with Gasteiger partial charge in [-0.05, 0) is 42.8 Å². The number of methoxy groups -OCH3 is 2. The second-order valence-electron chi connectivity index (χ2n) is 5.77. The number of rotatable bonds is 10. The fraction of sp³-hybridized carbons (Fsp3) is 0.316. The SMILES string of the molecule is CCCNS(=O)(=O)c1ccc(OCC(=O)Nc2cc(OC)ccc2OC)cc1. The lowest BCUT2D eigenvalue weighted by Crippen LogP contribution is -2.24. The van der Waals surface area contributed by atoms with Crippen LogP contribution in [0.4, 0.5) is 5.69 Å². The minimum absolute atomic E-state index is 0.138. The lowest BCUT2D eigenvalue weighted by atomic mass is 10.2. The molecular weight excluding hydrogens is 384 g/mol. The molecule has 0 saturated carbocycles. The molecule has 152 valence electrons. The zero-order valence-corrected chi connectivity index (χ0v) is 16.8.